The van der Waals surface area contributed by atoms with Crippen molar-refractivity contribution in [1.82, 2.24) is 15.0 Å². The minimum Gasteiger partial charge on any atom is -0.339 e. The first-order valence-electron chi connectivity index (χ1n) is 10.0. The predicted octanol–water partition coefficient (Wildman–Crippen LogP) is 4.90. The first-order chi connectivity index (χ1) is 14.8. The van der Waals surface area contributed by atoms with Crippen molar-refractivity contribution in [1.29, 1.82) is 0 Å². The van der Waals surface area contributed by atoms with Gasteiger partial charge in [0.15, 0.2) is 0 Å². The van der Waals surface area contributed by atoms with Crippen LogP contribution < -0.4 is 0 Å². The summed E-state index contributed by atoms with van der Waals surface area (Å²) in [5.41, 5.74) is 3.10. The summed E-state index contributed by atoms with van der Waals surface area (Å²) in [7, 11) is 0. The molecule has 0 fully saturated rings. The van der Waals surface area contributed by atoms with Crippen LogP contribution in [0.3, 0.4) is 0 Å². The van der Waals surface area contributed by atoms with Gasteiger partial charge in [-0.05, 0) is 11.1 Å². The Morgan fingerprint density at radius 2 is 1.30 bits per heavy atom. The summed E-state index contributed by atoms with van der Waals surface area (Å²) in [4.78, 5) is 19.3. The molecule has 1 heterocycles. The highest BCUT2D eigenvalue weighted by molar-refractivity contribution is 5.76. The van der Waals surface area contributed by atoms with Gasteiger partial charge in [-0.2, -0.15) is 4.98 Å². The molecule has 0 saturated carbocycles. The predicted molar refractivity (Wildman–Crippen MR) is 115 cm³/mol. The molecule has 0 aliphatic heterocycles. The van der Waals surface area contributed by atoms with Crippen LogP contribution in [0.15, 0.2) is 95.5 Å². The average Bonchev–Trinajstić information content (AvgIpc) is 3.28. The molecule has 3 aromatic carbocycles. The standard InChI is InChI=1S/C25H23N3O2/c29-24(17-16-23-26-25(27-30-23)22-14-8-3-9-15-22)28(18-20-10-4-1-5-11-20)19-21-12-6-2-7-13-21/h1-15H,16-19H2. The van der Waals surface area contributed by atoms with Crippen LogP contribution in [0, 0.1) is 0 Å². The van der Waals surface area contributed by atoms with Crippen LogP contribution in [-0.2, 0) is 24.3 Å². The van der Waals surface area contributed by atoms with E-state index in [1.807, 2.05) is 95.9 Å². The lowest BCUT2D eigenvalue weighted by Gasteiger charge is -2.23. The van der Waals surface area contributed by atoms with Crippen molar-refractivity contribution in [3.05, 3.63) is 108 Å². The van der Waals surface area contributed by atoms with Gasteiger partial charge in [-0.3, -0.25) is 4.79 Å². The van der Waals surface area contributed by atoms with Crippen LogP contribution in [0.4, 0.5) is 0 Å². The van der Waals surface area contributed by atoms with Crippen molar-refractivity contribution in [3.63, 3.8) is 0 Å². The summed E-state index contributed by atoms with van der Waals surface area (Å²) >= 11 is 0. The van der Waals surface area contributed by atoms with Gasteiger partial charge in [-0.15, -0.1) is 0 Å². The second-order valence-corrected chi connectivity index (χ2v) is 7.10. The molecular weight excluding hydrogens is 374 g/mol. The number of aryl methyl sites for hydroxylation is 1. The van der Waals surface area contributed by atoms with Gasteiger partial charge in [0, 0.05) is 31.5 Å². The van der Waals surface area contributed by atoms with E-state index in [1.165, 1.54) is 0 Å². The number of aromatic nitrogens is 2. The second kappa shape index (κ2) is 9.65. The largest absolute Gasteiger partial charge is 0.339 e. The normalized spacial score (nSPS) is 10.7. The molecule has 0 unspecified atom stereocenters. The smallest absolute Gasteiger partial charge is 0.227 e. The van der Waals surface area contributed by atoms with Crippen LogP contribution in [-0.4, -0.2) is 20.9 Å². The fraction of sp³-hybridized carbons (Fsp3) is 0.160. The van der Waals surface area contributed by atoms with Crippen LogP contribution in [0.2, 0.25) is 0 Å². The van der Waals surface area contributed by atoms with Crippen LogP contribution in [0.1, 0.15) is 23.4 Å². The van der Waals surface area contributed by atoms with E-state index in [4.69, 9.17) is 4.52 Å². The van der Waals surface area contributed by atoms with Gasteiger partial charge < -0.3 is 9.42 Å². The van der Waals surface area contributed by atoms with Crippen LogP contribution in [0.5, 0.6) is 0 Å². The zero-order valence-corrected chi connectivity index (χ0v) is 16.6. The van der Waals surface area contributed by atoms with Gasteiger partial charge in [0.25, 0.3) is 0 Å². The third kappa shape index (κ3) is 5.20. The lowest BCUT2D eigenvalue weighted by molar-refractivity contribution is -0.132. The lowest BCUT2D eigenvalue weighted by atomic mass is 10.1. The Morgan fingerprint density at radius 1 is 0.767 bits per heavy atom. The molecule has 5 nitrogen and oxygen atoms in total. The summed E-state index contributed by atoms with van der Waals surface area (Å²) in [5, 5.41) is 4.03. The molecule has 0 saturated heterocycles. The monoisotopic (exact) mass is 397 g/mol. The number of carbonyl (C=O) groups is 1. The van der Waals surface area contributed by atoms with E-state index < -0.39 is 0 Å². The number of amides is 1. The van der Waals surface area contributed by atoms with Gasteiger partial charge >= 0.3 is 0 Å². The molecule has 0 radical (unpaired) electrons. The molecule has 0 bridgehead atoms. The van der Waals surface area contributed by atoms with E-state index in [-0.39, 0.29) is 5.91 Å². The summed E-state index contributed by atoms with van der Waals surface area (Å²) < 4.78 is 5.35. The molecule has 4 rings (SSSR count). The first-order valence-corrected chi connectivity index (χ1v) is 10.0. The SMILES string of the molecule is O=C(CCc1nc(-c2ccccc2)no1)N(Cc1ccccc1)Cc1ccccc1. The van der Waals surface area contributed by atoms with Crippen molar-refractivity contribution in [2.45, 2.75) is 25.9 Å². The Labute approximate surface area is 176 Å². The number of carbonyl (C=O) groups excluding carboxylic acids is 1. The van der Waals surface area contributed by atoms with Gasteiger partial charge in [0.1, 0.15) is 0 Å². The van der Waals surface area contributed by atoms with Crippen molar-refractivity contribution in [3.8, 4) is 11.4 Å². The fourth-order valence-electron chi connectivity index (χ4n) is 3.27. The third-order valence-corrected chi connectivity index (χ3v) is 4.84. The van der Waals surface area contributed by atoms with Gasteiger partial charge in [0.2, 0.25) is 17.6 Å². The highest BCUT2D eigenvalue weighted by Crippen LogP contribution is 2.17. The molecule has 0 aliphatic rings. The van der Waals surface area contributed by atoms with E-state index in [9.17, 15) is 4.79 Å². The molecule has 4 aromatic rings. The minimum atomic E-state index is 0.0576. The van der Waals surface area contributed by atoms with Gasteiger partial charge in [0.05, 0.1) is 0 Å². The highest BCUT2D eigenvalue weighted by atomic mass is 16.5. The van der Waals surface area contributed by atoms with Crippen molar-refractivity contribution in [2.24, 2.45) is 0 Å². The van der Waals surface area contributed by atoms with Gasteiger partial charge in [-0.25, -0.2) is 0 Å². The van der Waals surface area contributed by atoms with Crippen LogP contribution >= 0.6 is 0 Å². The first kappa shape index (κ1) is 19.6. The second-order valence-electron chi connectivity index (χ2n) is 7.10. The zero-order chi connectivity index (χ0) is 20.6. The maximum absolute atomic E-state index is 13.0. The van der Waals surface area contributed by atoms with E-state index in [2.05, 4.69) is 10.1 Å². The quantitative estimate of drug-likeness (QED) is 0.424. The number of hydrogen-bond acceptors (Lipinski definition) is 4. The maximum atomic E-state index is 13.0. The van der Waals surface area contributed by atoms with E-state index in [0.717, 1.165) is 16.7 Å². The molecule has 1 aromatic heterocycles. The Hall–Kier alpha value is -3.73. The number of benzene rings is 3. The lowest BCUT2D eigenvalue weighted by Crippen LogP contribution is -2.30. The van der Waals surface area contributed by atoms with Crippen molar-refractivity contribution >= 4 is 5.91 Å². The Balaban J connectivity index is 1.43. The highest BCUT2D eigenvalue weighted by Gasteiger charge is 2.17. The van der Waals surface area contributed by atoms with Crippen molar-refractivity contribution < 1.29 is 9.32 Å². The molecule has 150 valence electrons. The van der Waals surface area contributed by atoms with Gasteiger partial charge in [-0.1, -0.05) is 96.2 Å². The fourth-order valence-corrected chi connectivity index (χ4v) is 3.27. The molecule has 0 spiro atoms. The maximum Gasteiger partial charge on any atom is 0.227 e. The summed E-state index contributed by atoms with van der Waals surface area (Å²) in [5.74, 6) is 1.08. The zero-order valence-electron chi connectivity index (χ0n) is 16.6. The Kier molecular flexibility index (Phi) is 6.30. The molecule has 30 heavy (non-hydrogen) atoms. The average molecular weight is 397 g/mol. The summed E-state index contributed by atoms with van der Waals surface area (Å²) in [6.45, 7) is 1.13. The molecule has 5 heteroatoms. The molecule has 0 N–H and O–H groups in total. The summed E-state index contributed by atoms with van der Waals surface area (Å²) in [6.07, 6.45) is 0.731. The van der Waals surface area contributed by atoms with E-state index >= 15 is 0 Å². The third-order valence-electron chi connectivity index (χ3n) is 4.84. The molecular formula is C25H23N3O2. The van der Waals surface area contributed by atoms with E-state index in [1.54, 1.807) is 0 Å². The minimum absolute atomic E-state index is 0.0576. The van der Waals surface area contributed by atoms with E-state index in [0.29, 0.717) is 37.6 Å². The van der Waals surface area contributed by atoms with Crippen molar-refractivity contribution in [2.75, 3.05) is 0 Å². The molecule has 0 atom stereocenters. The van der Waals surface area contributed by atoms with Crippen LogP contribution in [0.25, 0.3) is 11.4 Å². The molecule has 0 aliphatic carbocycles. The number of nitrogens with zero attached hydrogens (tertiary/aromatic N) is 3. The summed E-state index contributed by atoms with van der Waals surface area (Å²) in [6, 6.07) is 29.7. The Morgan fingerprint density at radius 3 is 1.87 bits per heavy atom. The Bertz CT molecular complexity index is 1020. The number of hydrogen-bond donors (Lipinski definition) is 0. The number of rotatable bonds is 8. The molecule has 1 amide bonds. The topological polar surface area (TPSA) is 59.2 Å².